The van der Waals surface area contributed by atoms with E-state index in [4.69, 9.17) is 9.94 Å². The fourth-order valence-corrected chi connectivity index (χ4v) is 5.18. The average molecular weight is 466 g/mol. The van der Waals surface area contributed by atoms with Gasteiger partial charge in [-0.15, -0.1) is 0 Å². The van der Waals surface area contributed by atoms with Crippen molar-refractivity contribution >= 4 is 27.7 Å². The van der Waals surface area contributed by atoms with Crippen LogP contribution in [0.3, 0.4) is 0 Å². The number of nitrogens with zero attached hydrogens (tertiary/aromatic N) is 1. The van der Waals surface area contributed by atoms with E-state index in [1.165, 1.54) is 34.9 Å². The Morgan fingerprint density at radius 2 is 1.68 bits per heavy atom. The van der Waals surface area contributed by atoms with Crippen molar-refractivity contribution in [2.24, 2.45) is 0 Å². The molecule has 1 aliphatic heterocycles. The van der Waals surface area contributed by atoms with Crippen LogP contribution in [0.25, 0.3) is 11.1 Å². The van der Waals surface area contributed by atoms with Crippen molar-refractivity contribution in [2.75, 3.05) is 38.3 Å². The largest absolute Gasteiger partial charge is 0.379 e. The Morgan fingerprint density at radius 1 is 1.10 bits per heavy atom. The fraction of sp³-hybridized carbons (Fsp3) is 0.381. The van der Waals surface area contributed by atoms with Crippen LogP contribution in [0, 0.1) is 0 Å². The molecule has 10 heteroatoms. The summed E-state index contributed by atoms with van der Waals surface area (Å²) in [5, 5.41) is 8.82. The van der Waals surface area contributed by atoms with Crippen LogP contribution >= 0.6 is 11.8 Å². The van der Waals surface area contributed by atoms with Crippen molar-refractivity contribution in [3.8, 4) is 11.1 Å². The third kappa shape index (κ3) is 6.52. The van der Waals surface area contributed by atoms with E-state index in [1.54, 1.807) is 18.4 Å². The third-order valence-electron chi connectivity index (χ3n) is 5.02. The quantitative estimate of drug-likeness (QED) is 0.382. The van der Waals surface area contributed by atoms with Gasteiger partial charge < -0.3 is 4.74 Å². The number of carbonyl (C=O) groups excluding carboxylic acids is 1. The van der Waals surface area contributed by atoms with E-state index in [0.29, 0.717) is 0 Å². The number of ether oxygens (including phenoxy) is 1. The van der Waals surface area contributed by atoms with Gasteiger partial charge in [0.15, 0.2) is 0 Å². The second-order valence-electron chi connectivity index (χ2n) is 7.22. The van der Waals surface area contributed by atoms with E-state index in [2.05, 4.69) is 21.8 Å². The Bertz CT molecular complexity index is 960. The molecule has 0 spiro atoms. The predicted octanol–water partition coefficient (Wildman–Crippen LogP) is 1.70. The Hall–Kier alpha value is -1.95. The minimum Gasteiger partial charge on any atom is -0.379 e. The molecule has 0 saturated carbocycles. The normalized spacial score (nSPS) is 16.1. The number of amides is 1. The van der Waals surface area contributed by atoms with Crippen LogP contribution in [0.15, 0.2) is 53.4 Å². The lowest BCUT2D eigenvalue weighted by molar-refractivity contribution is -0.130. The predicted molar refractivity (Wildman–Crippen MR) is 120 cm³/mol. The minimum absolute atomic E-state index is 0.0528. The number of carbonyl (C=O) groups is 1. The Balaban J connectivity index is 1.68. The van der Waals surface area contributed by atoms with Gasteiger partial charge in [0.1, 0.15) is 6.04 Å². The van der Waals surface area contributed by atoms with Gasteiger partial charge in [-0.1, -0.05) is 36.4 Å². The highest BCUT2D eigenvalue weighted by Gasteiger charge is 2.25. The molecule has 0 radical (unpaired) electrons. The molecule has 0 bridgehead atoms. The van der Waals surface area contributed by atoms with Gasteiger partial charge in [0, 0.05) is 25.4 Å². The number of rotatable bonds is 9. The highest BCUT2D eigenvalue weighted by molar-refractivity contribution is 7.98. The van der Waals surface area contributed by atoms with Crippen LogP contribution in [-0.4, -0.2) is 68.8 Å². The molecule has 0 unspecified atom stereocenters. The first kappa shape index (κ1) is 23.7. The SMILES string of the molecule is CSC[C@H](NS(=O)(=O)c1ccc(-c2ccc(CN3CCOCC3)cc2)cc1)C(=O)NO. The van der Waals surface area contributed by atoms with Crippen molar-refractivity contribution in [3.05, 3.63) is 54.1 Å². The van der Waals surface area contributed by atoms with Gasteiger partial charge in [0.2, 0.25) is 10.0 Å². The monoisotopic (exact) mass is 465 g/mol. The first-order valence-electron chi connectivity index (χ1n) is 9.87. The van der Waals surface area contributed by atoms with Crippen molar-refractivity contribution in [3.63, 3.8) is 0 Å². The Labute approximate surface area is 187 Å². The zero-order chi connectivity index (χ0) is 22.3. The lowest BCUT2D eigenvalue weighted by Gasteiger charge is -2.26. The summed E-state index contributed by atoms with van der Waals surface area (Å²) in [6.07, 6.45) is 1.74. The summed E-state index contributed by atoms with van der Waals surface area (Å²) in [4.78, 5) is 14.1. The molecule has 1 amide bonds. The Morgan fingerprint density at radius 3 is 2.23 bits per heavy atom. The van der Waals surface area contributed by atoms with Crippen LogP contribution in [0.2, 0.25) is 0 Å². The van der Waals surface area contributed by atoms with Gasteiger partial charge in [-0.2, -0.15) is 16.5 Å². The zero-order valence-electron chi connectivity index (χ0n) is 17.3. The molecule has 31 heavy (non-hydrogen) atoms. The number of hydrogen-bond acceptors (Lipinski definition) is 7. The van der Waals surface area contributed by atoms with Gasteiger partial charge >= 0.3 is 0 Å². The number of thioether (sulfide) groups is 1. The van der Waals surface area contributed by atoms with E-state index in [1.807, 2.05) is 12.1 Å². The van der Waals surface area contributed by atoms with Crippen LogP contribution in [0.1, 0.15) is 5.56 Å². The van der Waals surface area contributed by atoms with E-state index in [-0.39, 0.29) is 10.6 Å². The van der Waals surface area contributed by atoms with Crippen LogP contribution in [0.5, 0.6) is 0 Å². The van der Waals surface area contributed by atoms with Gasteiger partial charge in [-0.3, -0.25) is 14.9 Å². The molecule has 3 N–H and O–H groups in total. The molecule has 2 aromatic carbocycles. The van der Waals surface area contributed by atoms with E-state index in [9.17, 15) is 13.2 Å². The first-order chi connectivity index (χ1) is 14.9. The summed E-state index contributed by atoms with van der Waals surface area (Å²) < 4.78 is 33.0. The van der Waals surface area contributed by atoms with E-state index in [0.717, 1.165) is 44.0 Å². The average Bonchev–Trinajstić information content (AvgIpc) is 2.79. The van der Waals surface area contributed by atoms with Crippen molar-refractivity contribution in [1.82, 2.24) is 15.1 Å². The molecule has 1 aliphatic rings. The van der Waals surface area contributed by atoms with Gasteiger partial charge in [0.25, 0.3) is 5.91 Å². The molecule has 0 aromatic heterocycles. The number of benzene rings is 2. The number of hydroxylamine groups is 1. The summed E-state index contributed by atoms with van der Waals surface area (Å²) in [5.41, 5.74) is 4.60. The highest BCUT2D eigenvalue weighted by atomic mass is 32.2. The fourth-order valence-electron chi connectivity index (χ4n) is 3.31. The zero-order valence-corrected chi connectivity index (χ0v) is 18.9. The molecule has 0 aliphatic carbocycles. The van der Waals surface area contributed by atoms with E-state index >= 15 is 0 Å². The number of morpholine rings is 1. The molecule has 3 rings (SSSR count). The maximum absolute atomic E-state index is 12.6. The van der Waals surface area contributed by atoms with Crippen molar-refractivity contribution < 1.29 is 23.2 Å². The van der Waals surface area contributed by atoms with Gasteiger partial charge in [-0.25, -0.2) is 13.9 Å². The molecule has 1 atom stereocenters. The molecular formula is C21H27N3O5S2. The smallest absolute Gasteiger partial charge is 0.262 e. The molecule has 8 nitrogen and oxygen atoms in total. The van der Waals surface area contributed by atoms with Gasteiger partial charge in [0.05, 0.1) is 18.1 Å². The number of nitrogens with one attached hydrogen (secondary N) is 2. The lowest BCUT2D eigenvalue weighted by atomic mass is 10.0. The Kier molecular flexibility index (Phi) is 8.47. The standard InChI is InChI=1S/C21H27N3O5S2/c1-30-15-20(21(25)22-26)23-31(27,28)19-8-6-18(7-9-19)17-4-2-16(3-5-17)14-24-10-12-29-13-11-24/h2-9,20,23,26H,10-15H2,1H3,(H,22,25)/t20-/m0/s1. The molecule has 1 heterocycles. The van der Waals surface area contributed by atoms with Crippen LogP contribution in [-0.2, 0) is 26.1 Å². The first-order valence-corrected chi connectivity index (χ1v) is 12.8. The summed E-state index contributed by atoms with van der Waals surface area (Å²) in [6, 6.07) is 13.6. The molecular weight excluding hydrogens is 438 g/mol. The summed E-state index contributed by atoms with van der Waals surface area (Å²) in [5.74, 6) is -0.604. The topological polar surface area (TPSA) is 108 Å². The third-order valence-corrected chi connectivity index (χ3v) is 7.17. The van der Waals surface area contributed by atoms with E-state index < -0.39 is 22.0 Å². The minimum atomic E-state index is -3.91. The highest BCUT2D eigenvalue weighted by Crippen LogP contribution is 2.22. The van der Waals surface area contributed by atoms with Crippen LogP contribution < -0.4 is 10.2 Å². The maximum Gasteiger partial charge on any atom is 0.262 e. The number of sulfonamides is 1. The summed E-state index contributed by atoms with van der Waals surface area (Å²) in [7, 11) is -3.91. The molecule has 168 valence electrons. The molecule has 2 aromatic rings. The molecule has 1 saturated heterocycles. The van der Waals surface area contributed by atoms with Gasteiger partial charge in [-0.05, 0) is 35.1 Å². The van der Waals surface area contributed by atoms with Crippen molar-refractivity contribution in [2.45, 2.75) is 17.5 Å². The summed E-state index contributed by atoms with van der Waals surface area (Å²) in [6.45, 7) is 4.29. The van der Waals surface area contributed by atoms with Crippen molar-refractivity contribution in [1.29, 1.82) is 0 Å². The second kappa shape index (κ2) is 11.1. The van der Waals surface area contributed by atoms with Crippen LogP contribution in [0.4, 0.5) is 0 Å². The summed E-state index contributed by atoms with van der Waals surface area (Å²) >= 11 is 1.29. The molecule has 1 fully saturated rings. The lowest BCUT2D eigenvalue weighted by Crippen LogP contribution is -2.47. The maximum atomic E-state index is 12.6. The number of hydrogen-bond donors (Lipinski definition) is 3. The second-order valence-corrected chi connectivity index (χ2v) is 9.84.